The molecule has 0 radical (unpaired) electrons. The highest BCUT2D eigenvalue weighted by Gasteiger charge is 2.16. The third-order valence-corrected chi connectivity index (χ3v) is 4.64. The number of carbonyl (C=O) groups excluding carboxylic acids is 1. The molecule has 1 heterocycles. The molecule has 4 aromatic rings. The minimum atomic E-state index is -1.26. The number of anilines is 2. The predicted molar refractivity (Wildman–Crippen MR) is 113 cm³/mol. The zero-order valence-corrected chi connectivity index (χ0v) is 16.1. The molecule has 4 N–H and O–H groups in total. The summed E-state index contributed by atoms with van der Waals surface area (Å²) in [6, 6.07) is 17.8. The number of nitrogens with one attached hydrogen (secondary N) is 1. The first-order valence-electron chi connectivity index (χ1n) is 9.24. The number of carboxylic acids is 1. The van der Waals surface area contributed by atoms with Crippen molar-refractivity contribution in [3.05, 3.63) is 83.9 Å². The molecule has 0 unspecified atom stereocenters. The summed E-state index contributed by atoms with van der Waals surface area (Å²) in [5.41, 5.74) is 7.87. The Morgan fingerprint density at radius 2 is 1.77 bits per heavy atom. The van der Waals surface area contributed by atoms with Gasteiger partial charge >= 0.3 is 12.1 Å². The molecule has 0 saturated carbocycles. The van der Waals surface area contributed by atoms with Crippen LogP contribution in [0.5, 0.6) is 0 Å². The molecule has 0 aliphatic carbocycles. The van der Waals surface area contributed by atoms with Crippen molar-refractivity contribution < 1.29 is 28.2 Å². The van der Waals surface area contributed by atoms with Gasteiger partial charge in [0.25, 0.3) is 0 Å². The van der Waals surface area contributed by atoms with Crippen LogP contribution in [-0.4, -0.2) is 17.2 Å². The van der Waals surface area contributed by atoms with E-state index >= 15 is 0 Å². The van der Waals surface area contributed by atoms with Crippen molar-refractivity contribution in [3.63, 3.8) is 0 Å². The number of hydrogen-bond acceptors (Lipinski definition) is 5. The summed E-state index contributed by atoms with van der Waals surface area (Å²) in [5, 5.41) is 12.4. The van der Waals surface area contributed by atoms with Crippen molar-refractivity contribution in [2.24, 2.45) is 0 Å². The van der Waals surface area contributed by atoms with E-state index in [1.54, 1.807) is 24.3 Å². The van der Waals surface area contributed by atoms with E-state index in [1.807, 2.05) is 12.1 Å². The topological polar surface area (TPSA) is 115 Å². The first-order valence-corrected chi connectivity index (χ1v) is 9.24. The van der Waals surface area contributed by atoms with Gasteiger partial charge in [-0.05, 0) is 53.6 Å². The van der Waals surface area contributed by atoms with Crippen LogP contribution in [0.25, 0.3) is 22.1 Å². The van der Waals surface area contributed by atoms with Gasteiger partial charge in [-0.3, -0.25) is 5.32 Å². The van der Waals surface area contributed by atoms with Crippen LogP contribution in [0.4, 0.5) is 20.6 Å². The van der Waals surface area contributed by atoms with Crippen molar-refractivity contribution in [3.8, 4) is 11.1 Å². The third-order valence-electron chi connectivity index (χ3n) is 4.64. The van der Waals surface area contributed by atoms with Crippen molar-refractivity contribution in [1.82, 2.24) is 0 Å². The maximum absolute atomic E-state index is 13.1. The molecule has 0 aliphatic rings. The number of benzene rings is 3. The number of furan rings is 1. The van der Waals surface area contributed by atoms with Gasteiger partial charge in [-0.2, -0.15) is 0 Å². The van der Waals surface area contributed by atoms with Gasteiger partial charge < -0.3 is 20.0 Å². The molecule has 0 spiro atoms. The van der Waals surface area contributed by atoms with Gasteiger partial charge in [-0.25, -0.2) is 14.0 Å². The van der Waals surface area contributed by atoms with Crippen LogP contribution < -0.4 is 11.1 Å². The van der Waals surface area contributed by atoms with E-state index in [1.165, 1.54) is 30.3 Å². The Morgan fingerprint density at radius 1 is 1.03 bits per heavy atom. The number of rotatable bonds is 5. The third kappa shape index (κ3) is 4.32. The van der Waals surface area contributed by atoms with Crippen LogP contribution in [0, 0.1) is 5.82 Å². The van der Waals surface area contributed by atoms with E-state index in [0.717, 1.165) is 16.5 Å². The lowest BCUT2D eigenvalue weighted by atomic mass is 10.0. The van der Waals surface area contributed by atoms with Crippen molar-refractivity contribution in [2.75, 3.05) is 11.1 Å². The number of hydrogen-bond donors (Lipinski definition) is 3. The summed E-state index contributed by atoms with van der Waals surface area (Å²) >= 11 is 0. The molecule has 1 amide bonds. The number of amides is 1. The Bertz CT molecular complexity index is 1280. The summed E-state index contributed by atoms with van der Waals surface area (Å²) < 4.78 is 24.0. The first kappa shape index (κ1) is 20.0. The second-order valence-corrected chi connectivity index (χ2v) is 6.75. The second kappa shape index (κ2) is 8.19. The molecular weight excluding hydrogens is 403 g/mol. The fourth-order valence-electron chi connectivity index (χ4n) is 3.19. The molecule has 0 aliphatic heterocycles. The van der Waals surface area contributed by atoms with Crippen LogP contribution in [0.2, 0.25) is 0 Å². The van der Waals surface area contributed by atoms with E-state index in [2.05, 4.69) is 5.32 Å². The van der Waals surface area contributed by atoms with E-state index in [4.69, 9.17) is 14.9 Å². The lowest BCUT2D eigenvalue weighted by molar-refractivity contribution is 0.0699. The number of halogens is 1. The van der Waals surface area contributed by atoms with Gasteiger partial charge in [0.15, 0.2) is 6.61 Å². The zero-order valence-electron chi connectivity index (χ0n) is 16.1. The molecule has 156 valence electrons. The molecule has 4 rings (SSSR count). The highest BCUT2D eigenvalue weighted by molar-refractivity contribution is 6.03. The quantitative estimate of drug-likeness (QED) is 0.379. The van der Waals surface area contributed by atoms with Gasteiger partial charge in [0.1, 0.15) is 22.7 Å². The van der Waals surface area contributed by atoms with Gasteiger partial charge in [-0.15, -0.1) is 0 Å². The van der Waals surface area contributed by atoms with Crippen LogP contribution >= 0.6 is 0 Å². The number of aromatic carboxylic acids is 1. The second-order valence-electron chi connectivity index (χ2n) is 6.75. The Balaban J connectivity index is 1.46. The summed E-state index contributed by atoms with van der Waals surface area (Å²) in [5.74, 6) is -1.16. The number of ether oxygens (including phenoxy) is 1. The smallest absolute Gasteiger partial charge is 0.412 e. The fourth-order valence-corrected chi connectivity index (χ4v) is 3.19. The number of carbonyl (C=O) groups is 2. The van der Waals surface area contributed by atoms with Crippen molar-refractivity contribution >= 4 is 34.4 Å². The minimum Gasteiger partial charge on any atom is -0.478 e. The minimum absolute atomic E-state index is 0.0274. The van der Waals surface area contributed by atoms with Crippen LogP contribution in [0.15, 0.2) is 71.1 Å². The molecule has 0 atom stereocenters. The van der Waals surface area contributed by atoms with Crippen molar-refractivity contribution in [1.29, 1.82) is 0 Å². The van der Waals surface area contributed by atoms with E-state index in [9.17, 15) is 19.1 Å². The maximum atomic E-state index is 13.1. The molecule has 3 aromatic carbocycles. The SMILES string of the molecule is Nc1cccc(NC(=O)OCc2cc3cc(-c4ccc(F)cc4)ccc3o2)c1C(=O)O. The molecule has 1 aromatic heterocycles. The first-order chi connectivity index (χ1) is 14.9. The monoisotopic (exact) mass is 420 g/mol. The van der Waals surface area contributed by atoms with Gasteiger partial charge in [0, 0.05) is 11.1 Å². The number of nitrogens with two attached hydrogens (primary N) is 1. The molecule has 0 saturated heterocycles. The van der Waals surface area contributed by atoms with Gasteiger partial charge in [-0.1, -0.05) is 24.3 Å². The van der Waals surface area contributed by atoms with Crippen LogP contribution in [0.3, 0.4) is 0 Å². The largest absolute Gasteiger partial charge is 0.478 e. The van der Waals surface area contributed by atoms with Crippen molar-refractivity contribution in [2.45, 2.75) is 6.61 Å². The normalized spacial score (nSPS) is 10.7. The van der Waals surface area contributed by atoms with E-state index in [0.29, 0.717) is 11.3 Å². The lowest BCUT2D eigenvalue weighted by Gasteiger charge is -2.10. The Kier molecular flexibility index (Phi) is 5.28. The molecule has 0 bridgehead atoms. The van der Waals surface area contributed by atoms with Crippen LogP contribution in [0.1, 0.15) is 16.1 Å². The Hall–Kier alpha value is -4.33. The van der Waals surface area contributed by atoms with E-state index < -0.39 is 12.1 Å². The van der Waals surface area contributed by atoms with E-state index in [-0.39, 0.29) is 29.4 Å². The maximum Gasteiger partial charge on any atom is 0.412 e. The summed E-state index contributed by atoms with van der Waals surface area (Å²) in [6.07, 6.45) is -0.847. The molecule has 31 heavy (non-hydrogen) atoms. The lowest BCUT2D eigenvalue weighted by Crippen LogP contribution is -2.16. The Labute approximate surface area is 175 Å². The molecular formula is C23H17FN2O5. The van der Waals surface area contributed by atoms with Gasteiger partial charge in [0.05, 0.1) is 5.69 Å². The summed E-state index contributed by atoms with van der Waals surface area (Å²) in [4.78, 5) is 23.5. The van der Waals surface area contributed by atoms with Gasteiger partial charge in [0.2, 0.25) is 0 Å². The number of nitrogen functional groups attached to an aromatic ring is 1. The predicted octanol–water partition coefficient (Wildman–Crippen LogP) is 5.27. The average Bonchev–Trinajstić information content (AvgIpc) is 3.15. The molecule has 8 heteroatoms. The Morgan fingerprint density at radius 3 is 2.52 bits per heavy atom. The molecule has 0 fully saturated rings. The standard InChI is InChI=1S/C23H17FN2O5/c24-16-7-4-13(5-8-16)14-6-9-20-15(10-14)11-17(31-20)12-30-23(29)26-19-3-1-2-18(25)21(19)22(27)28/h1-11H,12,25H2,(H,26,29)(H,27,28). The summed E-state index contributed by atoms with van der Waals surface area (Å²) in [6.45, 7) is -0.156. The highest BCUT2D eigenvalue weighted by atomic mass is 19.1. The summed E-state index contributed by atoms with van der Waals surface area (Å²) in [7, 11) is 0. The molecule has 7 nitrogen and oxygen atoms in total. The highest BCUT2D eigenvalue weighted by Crippen LogP contribution is 2.27. The number of fused-ring (bicyclic) bond motifs is 1. The zero-order chi connectivity index (χ0) is 22.0. The fraction of sp³-hybridized carbons (Fsp3) is 0.0435. The number of carboxylic acid groups (broad SMARTS) is 1. The van der Waals surface area contributed by atoms with Crippen LogP contribution in [-0.2, 0) is 11.3 Å². The average molecular weight is 420 g/mol.